The molecule has 4 rings (SSSR count). The molecule has 1 amide bonds. The lowest BCUT2D eigenvalue weighted by atomic mass is 10.2. The van der Waals surface area contributed by atoms with E-state index >= 15 is 0 Å². The number of methoxy groups -OCH3 is 1. The lowest BCUT2D eigenvalue weighted by molar-refractivity contribution is 0.0948. The van der Waals surface area contributed by atoms with Crippen molar-refractivity contribution in [2.75, 3.05) is 13.7 Å². The van der Waals surface area contributed by atoms with Crippen LogP contribution in [0.15, 0.2) is 71.5 Å². The summed E-state index contributed by atoms with van der Waals surface area (Å²) in [6, 6.07) is 20.1. The Morgan fingerprint density at radius 1 is 1.06 bits per heavy atom. The predicted molar refractivity (Wildman–Crippen MR) is 125 cm³/mol. The number of benzene rings is 2. The Bertz CT molecular complexity index is 1300. The highest BCUT2D eigenvalue weighted by atomic mass is 32.1. The van der Waals surface area contributed by atoms with Gasteiger partial charge in [-0.15, -0.1) is 11.3 Å². The van der Waals surface area contributed by atoms with E-state index in [4.69, 9.17) is 4.74 Å². The molecule has 0 aliphatic rings. The fourth-order valence-electron chi connectivity index (χ4n) is 3.27. The number of carbonyl (C=O) groups excluding carboxylic acids is 1. The molecule has 0 aliphatic carbocycles. The van der Waals surface area contributed by atoms with Crippen LogP contribution < -0.4 is 15.6 Å². The molecule has 2 heterocycles. The molecule has 0 radical (unpaired) electrons. The molecule has 0 saturated carbocycles. The van der Waals surface area contributed by atoms with Crippen LogP contribution in [-0.2, 0) is 6.54 Å². The molecule has 0 fully saturated rings. The molecule has 4 aromatic rings. The fraction of sp³-hybridized carbons (Fsp3) is 0.167. The third-order valence-corrected chi connectivity index (χ3v) is 6.11. The summed E-state index contributed by atoms with van der Waals surface area (Å²) in [7, 11) is 1.52. The van der Waals surface area contributed by atoms with Gasteiger partial charge in [0, 0.05) is 18.2 Å². The van der Waals surface area contributed by atoms with Crippen LogP contribution in [-0.4, -0.2) is 34.3 Å². The van der Waals surface area contributed by atoms with Gasteiger partial charge in [0.15, 0.2) is 0 Å². The third kappa shape index (κ3) is 4.60. The number of para-hydroxylation sites is 1. The number of thiazole rings is 1. The minimum absolute atomic E-state index is 0.231. The topological polar surface area (TPSA) is 86.1 Å². The molecule has 2 aromatic carbocycles. The Labute approximate surface area is 189 Å². The van der Waals surface area contributed by atoms with Gasteiger partial charge in [-0.2, -0.15) is 5.10 Å². The molecule has 0 bridgehead atoms. The van der Waals surface area contributed by atoms with Crippen molar-refractivity contribution < 1.29 is 9.53 Å². The van der Waals surface area contributed by atoms with Gasteiger partial charge in [0.05, 0.1) is 29.8 Å². The average Bonchev–Trinajstić information content (AvgIpc) is 3.22. The van der Waals surface area contributed by atoms with Gasteiger partial charge in [0.2, 0.25) is 0 Å². The molecular weight excluding hydrogens is 424 g/mol. The van der Waals surface area contributed by atoms with Crippen LogP contribution in [0.25, 0.3) is 21.1 Å². The average molecular weight is 447 g/mol. The van der Waals surface area contributed by atoms with Crippen LogP contribution in [0.2, 0.25) is 0 Å². The number of nitrogens with zero attached hydrogens (tertiary/aromatic N) is 3. The number of hydrogen-bond acceptors (Lipinski definition) is 6. The van der Waals surface area contributed by atoms with E-state index < -0.39 is 0 Å². The minimum atomic E-state index is -0.266. The Morgan fingerprint density at radius 3 is 2.59 bits per heavy atom. The summed E-state index contributed by atoms with van der Waals surface area (Å²) in [5.41, 5.74) is 2.79. The molecule has 7 nitrogen and oxygen atoms in total. The highest BCUT2D eigenvalue weighted by Gasteiger charge is 2.14. The molecule has 0 unspecified atom stereocenters. The summed E-state index contributed by atoms with van der Waals surface area (Å²) >= 11 is 1.54. The van der Waals surface area contributed by atoms with E-state index in [2.05, 4.69) is 15.4 Å². The Hall–Kier alpha value is -3.78. The summed E-state index contributed by atoms with van der Waals surface area (Å²) in [5.74, 6) is 0.231. The van der Waals surface area contributed by atoms with E-state index in [-0.39, 0.29) is 24.6 Å². The Morgan fingerprint density at radius 2 is 1.81 bits per heavy atom. The first kappa shape index (κ1) is 21.5. The first-order chi connectivity index (χ1) is 15.6. The summed E-state index contributed by atoms with van der Waals surface area (Å²) in [5, 5.41) is 8.23. The molecule has 0 saturated heterocycles. The maximum Gasteiger partial charge on any atom is 0.266 e. The van der Waals surface area contributed by atoms with Crippen LogP contribution in [0.4, 0.5) is 0 Å². The number of nitrogens with one attached hydrogen (secondary N) is 1. The quantitative estimate of drug-likeness (QED) is 0.467. The number of ether oxygens (including phenoxy) is 1. The number of rotatable bonds is 7. The highest BCUT2D eigenvalue weighted by Crippen LogP contribution is 2.33. The minimum Gasteiger partial charge on any atom is -0.496 e. The Balaban J connectivity index is 1.50. The lowest BCUT2D eigenvalue weighted by Gasteiger charge is -2.10. The van der Waals surface area contributed by atoms with Gasteiger partial charge in [0.25, 0.3) is 11.5 Å². The van der Waals surface area contributed by atoms with Crippen molar-refractivity contribution in [3.8, 4) is 26.9 Å². The van der Waals surface area contributed by atoms with Crippen molar-refractivity contribution in [3.05, 3.63) is 88.3 Å². The molecule has 0 aliphatic heterocycles. The second kappa shape index (κ2) is 9.57. The standard InChI is InChI=1S/C24H22N4O3S/c1-16-22(32-24(26-16)17-8-4-3-5-9-17)19-12-13-21(29)28(27-19)15-14-25-23(30)18-10-6-7-11-20(18)31-2/h3-13H,14-15H2,1-2H3,(H,25,30). The number of aromatic nitrogens is 3. The molecule has 0 atom stereocenters. The maximum absolute atomic E-state index is 12.5. The van der Waals surface area contributed by atoms with E-state index in [0.29, 0.717) is 17.0 Å². The Kier molecular flexibility index (Phi) is 6.42. The fourth-order valence-corrected chi connectivity index (χ4v) is 4.31. The van der Waals surface area contributed by atoms with Crippen LogP contribution >= 0.6 is 11.3 Å². The number of carbonyl (C=O) groups is 1. The monoisotopic (exact) mass is 446 g/mol. The summed E-state index contributed by atoms with van der Waals surface area (Å²) in [6.45, 7) is 2.43. The molecule has 2 aromatic heterocycles. The van der Waals surface area contributed by atoms with Crippen molar-refractivity contribution in [3.63, 3.8) is 0 Å². The molecular formula is C24H22N4O3S. The third-order valence-electron chi connectivity index (χ3n) is 4.88. The predicted octanol–water partition coefficient (Wildman–Crippen LogP) is 3.78. The maximum atomic E-state index is 12.5. The van der Waals surface area contributed by atoms with Crippen LogP contribution in [0.3, 0.4) is 0 Å². The first-order valence-corrected chi connectivity index (χ1v) is 10.9. The SMILES string of the molecule is COc1ccccc1C(=O)NCCn1nc(-c2sc(-c3ccccc3)nc2C)ccc1=O. The van der Waals surface area contributed by atoms with Crippen LogP contribution in [0, 0.1) is 6.92 Å². The molecule has 32 heavy (non-hydrogen) atoms. The summed E-state index contributed by atoms with van der Waals surface area (Å²) < 4.78 is 6.59. The van der Waals surface area contributed by atoms with E-state index in [0.717, 1.165) is 21.1 Å². The zero-order valence-corrected chi connectivity index (χ0v) is 18.6. The van der Waals surface area contributed by atoms with Gasteiger partial charge in [-0.3, -0.25) is 9.59 Å². The van der Waals surface area contributed by atoms with Crippen molar-refractivity contribution in [2.45, 2.75) is 13.5 Å². The van der Waals surface area contributed by atoms with Gasteiger partial charge >= 0.3 is 0 Å². The first-order valence-electron chi connectivity index (χ1n) is 10.1. The zero-order chi connectivity index (χ0) is 22.5. The van der Waals surface area contributed by atoms with E-state index in [1.165, 1.54) is 29.2 Å². The number of aryl methyl sites for hydroxylation is 1. The molecule has 162 valence electrons. The van der Waals surface area contributed by atoms with Gasteiger partial charge in [-0.1, -0.05) is 42.5 Å². The molecule has 0 spiro atoms. The number of hydrogen-bond donors (Lipinski definition) is 1. The normalized spacial score (nSPS) is 10.7. The largest absolute Gasteiger partial charge is 0.496 e. The second-order valence-corrected chi connectivity index (χ2v) is 8.03. The van der Waals surface area contributed by atoms with Gasteiger partial charge in [-0.05, 0) is 25.1 Å². The highest BCUT2D eigenvalue weighted by molar-refractivity contribution is 7.18. The van der Waals surface area contributed by atoms with Crippen molar-refractivity contribution in [1.82, 2.24) is 20.1 Å². The van der Waals surface area contributed by atoms with E-state index in [1.807, 2.05) is 37.3 Å². The van der Waals surface area contributed by atoms with Crippen molar-refractivity contribution >= 4 is 17.2 Å². The van der Waals surface area contributed by atoms with Gasteiger partial charge in [0.1, 0.15) is 16.5 Å². The van der Waals surface area contributed by atoms with E-state index in [1.54, 1.807) is 30.3 Å². The zero-order valence-electron chi connectivity index (χ0n) is 17.7. The lowest BCUT2D eigenvalue weighted by Crippen LogP contribution is -2.32. The second-order valence-electron chi connectivity index (χ2n) is 7.04. The van der Waals surface area contributed by atoms with Gasteiger partial charge in [-0.25, -0.2) is 9.67 Å². The van der Waals surface area contributed by atoms with E-state index in [9.17, 15) is 9.59 Å². The molecule has 1 N–H and O–H groups in total. The van der Waals surface area contributed by atoms with Crippen LogP contribution in [0.5, 0.6) is 5.75 Å². The van der Waals surface area contributed by atoms with Crippen molar-refractivity contribution in [2.24, 2.45) is 0 Å². The summed E-state index contributed by atoms with van der Waals surface area (Å²) in [6.07, 6.45) is 0. The van der Waals surface area contributed by atoms with Gasteiger partial charge < -0.3 is 10.1 Å². The smallest absolute Gasteiger partial charge is 0.266 e. The van der Waals surface area contributed by atoms with Crippen molar-refractivity contribution in [1.29, 1.82) is 0 Å². The van der Waals surface area contributed by atoms with Crippen LogP contribution in [0.1, 0.15) is 16.1 Å². The number of amides is 1. The summed E-state index contributed by atoms with van der Waals surface area (Å²) in [4.78, 5) is 30.4. The molecule has 8 heteroatoms.